The van der Waals surface area contributed by atoms with E-state index in [2.05, 4.69) is 17.2 Å². The van der Waals surface area contributed by atoms with E-state index in [9.17, 15) is 0 Å². The zero-order chi connectivity index (χ0) is 9.80. The average molecular weight is 210 g/mol. The van der Waals surface area contributed by atoms with Crippen LogP contribution in [0.25, 0.3) is 0 Å². The molecule has 1 fully saturated rings. The number of rotatable bonds is 3. The Labute approximate surface area is 89.8 Å². The van der Waals surface area contributed by atoms with Gasteiger partial charge in [0.2, 0.25) is 0 Å². The van der Waals surface area contributed by atoms with Crippen molar-refractivity contribution in [1.29, 1.82) is 0 Å². The minimum Gasteiger partial charge on any atom is -0.359 e. The lowest BCUT2D eigenvalue weighted by molar-refractivity contribution is 0.317. The molecule has 2 rings (SSSR count). The van der Waals surface area contributed by atoms with Gasteiger partial charge in [-0.25, -0.2) is 4.98 Å². The summed E-state index contributed by atoms with van der Waals surface area (Å²) in [6.07, 6.45) is 8.66. The zero-order valence-electron chi connectivity index (χ0n) is 8.70. The molecule has 0 saturated heterocycles. The van der Waals surface area contributed by atoms with Crippen molar-refractivity contribution in [2.24, 2.45) is 5.92 Å². The molecule has 1 saturated carbocycles. The van der Waals surface area contributed by atoms with Crippen LogP contribution in [-0.4, -0.2) is 11.0 Å². The van der Waals surface area contributed by atoms with E-state index in [0.29, 0.717) is 6.04 Å². The van der Waals surface area contributed by atoms with Gasteiger partial charge in [-0.15, -0.1) is 11.3 Å². The number of aromatic nitrogens is 1. The molecule has 0 spiro atoms. The highest BCUT2D eigenvalue weighted by Crippen LogP contribution is 2.29. The first-order valence-corrected chi connectivity index (χ1v) is 6.44. The maximum atomic E-state index is 4.29. The molecule has 1 N–H and O–H groups in total. The second-order valence-corrected chi connectivity index (χ2v) is 4.94. The summed E-state index contributed by atoms with van der Waals surface area (Å²) < 4.78 is 0. The van der Waals surface area contributed by atoms with E-state index in [1.807, 2.05) is 11.6 Å². The molecule has 2 nitrogen and oxygen atoms in total. The number of nitrogens with one attached hydrogen (secondary N) is 1. The minimum atomic E-state index is 0.667. The molecular formula is C11H18N2S. The first-order chi connectivity index (χ1) is 6.90. The number of hydrogen-bond donors (Lipinski definition) is 1. The Bertz CT molecular complexity index is 258. The Morgan fingerprint density at radius 2 is 2.36 bits per heavy atom. The molecule has 1 aliphatic rings. The molecule has 0 radical (unpaired) electrons. The molecule has 1 aliphatic carbocycles. The molecular weight excluding hydrogens is 192 g/mol. The summed E-state index contributed by atoms with van der Waals surface area (Å²) >= 11 is 1.71. The summed E-state index contributed by atoms with van der Waals surface area (Å²) in [5, 5.41) is 6.70. The second kappa shape index (κ2) is 4.78. The lowest BCUT2D eigenvalue weighted by atomic mass is 9.83. The predicted octanol–water partition coefficient (Wildman–Crippen LogP) is 3.52. The Hall–Kier alpha value is -0.570. The highest BCUT2D eigenvalue weighted by atomic mass is 32.1. The lowest BCUT2D eigenvalue weighted by Gasteiger charge is -2.31. The molecule has 1 aromatic rings. The Kier molecular flexibility index (Phi) is 3.40. The van der Waals surface area contributed by atoms with Crippen molar-refractivity contribution in [3.8, 4) is 0 Å². The van der Waals surface area contributed by atoms with Crippen LogP contribution in [-0.2, 0) is 0 Å². The fourth-order valence-electron chi connectivity index (χ4n) is 2.34. The summed E-state index contributed by atoms with van der Waals surface area (Å²) in [6, 6.07) is 0.667. The average Bonchev–Trinajstić information content (AvgIpc) is 2.71. The normalized spacial score (nSPS) is 27.5. The van der Waals surface area contributed by atoms with Crippen LogP contribution in [0.2, 0.25) is 0 Å². The molecule has 78 valence electrons. The van der Waals surface area contributed by atoms with Crippen LogP contribution in [0.1, 0.15) is 39.0 Å². The van der Waals surface area contributed by atoms with Gasteiger partial charge in [0, 0.05) is 17.6 Å². The van der Waals surface area contributed by atoms with E-state index < -0.39 is 0 Å². The third-order valence-corrected chi connectivity index (χ3v) is 3.88. The summed E-state index contributed by atoms with van der Waals surface area (Å²) in [7, 11) is 0. The zero-order valence-corrected chi connectivity index (χ0v) is 9.52. The van der Waals surface area contributed by atoms with Crippen LogP contribution in [0.5, 0.6) is 0 Å². The van der Waals surface area contributed by atoms with Crippen molar-refractivity contribution < 1.29 is 0 Å². The van der Waals surface area contributed by atoms with Gasteiger partial charge in [0.05, 0.1) is 0 Å². The maximum absolute atomic E-state index is 4.29. The monoisotopic (exact) mass is 210 g/mol. The first-order valence-electron chi connectivity index (χ1n) is 5.56. The van der Waals surface area contributed by atoms with Crippen LogP contribution in [0.15, 0.2) is 11.6 Å². The van der Waals surface area contributed by atoms with E-state index in [0.717, 1.165) is 11.0 Å². The number of nitrogens with zero attached hydrogens (tertiary/aromatic N) is 1. The van der Waals surface area contributed by atoms with Gasteiger partial charge in [0.25, 0.3) is 0 Å². The molecule has 2 atom stereocenters. The van der Waals surface area contributed by atoms with Crippen LogP contribution < -0.4 is 5.32 Å². The van der Waals surface area contributed by atoms with Gasteiger partial charge in [-0.3, -0.25) is 0 Å². The second-order valence-electron chi connectivity index (χ2n) is 4.04. The minimum absolute atomic E-state index is 0.667. The smallest absolute Gasteiger partial charge is 0.182 e. The fourth-order valence-corrected chi connectivity index (χ4v) is 2.93. The molecule has 1 heterocycles. The summed E-state index contributed by atoms with van der Waals surface area (Å²) in [4.78, 5) is 4.29. The van der Waals surface area contributed by atoms with Gasteiger partial charge in [0.1, 0.15) is 0 Å². The predicted molar refractivity (Wildman–Crippen MR) is 61.8 cm³/mol. The van der Waals surface area contributed by atoms with E-state index in [1.165, 1.54) is 32.1 Å². The largest absolute Gasteiger partial charge is 0.359 e. The van der Waals surface area contributed by atoms with Gasteiger partial charge in [-0.05, 0) is 18.8 Å². The van der Waals surface area contributed by atoms with Gasteiger partial charge < -0.3 is 5.32 Å². The number of hydrogen-bond acceptors (Lipinski definition) is 3. The molecule has 3 heteroatoms. The van der Waals surface area contributed by atoms with Crippen LogP contribution in [0, 0.1) is 5.92 Å². The summed E-state index contributed by atoms with van der Waals surface area (Å²) in [6.45, 7) is 2.30. The summed E-state index contributed by atoms with van der Waals surface area (Å²) in [5.74, 6) is 0.854. The Morgan fingerprint density at radius 3 is 3.07 bits per heavy atom. The molecule has 2 unspecified atom stereocenters. The van der Waals surface area contributed by atoms with Crippen molar-refractivity contribution in [2.45, 2.75) is 45.1 Å². The molecule has 0 aromatic carbocycles. The van der Waals surface area contributed by atoms with Crippen LogP contribution in [0.4, 0.5) is 5.13 Å². The number of anilines is 1. The van der Waals surface area contributed by atoms with Crippen molar-refractivity contribution in [3.63, 3.8) is 0 Å². The van der Waals surface area contributed by atoms with Gasteiger partial charge in [0.15, 0.2) is 5.13 Å². The highest BCUT2D eigenvalue weighted by Gasteiger charge is 2.23. The van der Waals surface area contributed by atoms with Gasteiger partial charge >= 0.3 is 0 Å². The molecule has 0 bridgehead atoms. The molecule has 14 heavy (non-hydrogen) atoms. The third-order valence-electron chi connectivity index (χ3n) is 3.17. The first kappa shape index (κ1) is 9.97. The number of thiazole rings is 1. The fraction of sp³-hybridized carbons (Fsp3) is 0.727. The van der Waals surface area contributed by atoms with E-state index >= 15 is 0 Å². The summed E-state index contributed by atoms with van der Waals surface area (Å²) in [5.41, 5.74) is 0. The van der Waals surface area contributed by atoms with Crippen molar-refractivity contribution >= 4 is 16.5 Å². The van der Waals surface area contributed by atoms with Crippen molar-refractivity contribution in [3.05, 3.63) is 11.6 Å². The molecule has 1 aromatic heterocycles. The third kappa shape index (κ3) is 2.27. The Morgan fingerprint density at radius 1 is 1.50 bits per heavy atom. The van der Waals surface area contributed by atoms with Crippen molar-refractivity contribution in [2.75, 3.05) is 5.32 Å². The van der Waals surface area contributed by atoms with Crippen molar-refractivity contribution in [1.82, 2.24) is 4.98 Å². The van der Waals surface area contributed by atoms with Gasteiger partial charge in [-0.2, -0.15) is 0 Å². The highest BCUT2D eigenvalue weighted by molar-refractivity contribution is 7.13. The lowest BCUT2D eigenvalue weighted by Crippen LogP contribution is -2.31. The quantitative estimate of drug-likeness (QED) is 0.825. The Balaban J connectivity index is 1.94. The molecule has 0 aliphatic heterocycles. The standard InChI is InChI=1S/C11H18N2S/c1-2-9-5-3-4-6-10(9)13-11-12-7-8-14-11/h7-10H,2-6H2,1H3,(H,12,13). The van der Waals surface area contributed by atoms with Gasteiger partial charge in [-0.1, -0.05) is 26.2 Å². The van der Waals surface area contributed by atoms with Crippen LogP contribution >= 0.6 is 11.3 Å². The SMILES string of the molecule is CCC1CCCCC1Nc1nccs1. The molecule has 0 amide bonds. The van der Waals surface area contributed by atoms with E-state index in [-0.39, 0.29) is 0 Å². The maximum Gasteiger partial charge on any atom is 0.182 e. The van der Waals surface area contributed by atoms with E-state index in [4.69, 9.17) is 0 Å². The topological polar surface area (TPSA) is 24.9 Å². The van der Waals surface area contributed by atoms with E-state index in [1.54, 1.807) is 11.3 Å². The van der Waals surface area contributed by atoms with Crippen LogP contribution in [0.3, 0.4) is 0 Å².